The van der Waals surface area contributed by atoms with Crippen LogP contribution in [-0.4, -0.2) is 107 Å². The fourth-order valence-corrected chi connectivity index (χ4v) is 16.6. The minimum atomic E-state index is -2.22. The quantitative estimate of drug-likeness (QED) is 0.127. The summed E-state index contributed by atoms with van der Waals surface area (Å²) in [5.74, 6) is 0. The fourth-order valence-electron chi connectivity index (χ4n) is 5.72. The summed E-state index contributed by atoms with van der Waals surface area (Å²) in [4.78, 5) is 0. The fraction of sp³-hybridized carbons (Fsp3) is 1.00. The van der Waals surface area contributed by atoms with Crippen molar-refractivity contribution < 1.29 is 37.3 Å². The molecule has 6 unspecified atom stereocenters. The van der Waals surface area contributed by atoms with Crippen LogP contribution in [0.15, 0.2) is 0 Å². The summed E-state index contributed by atoms with van der Waals surface area (Å²) in [6.07, 6.45) is 7.10. The van der Waals surface area contributed by atoms with E-state index in [-0.39, 0.29) is 5.04 Å². The summed E-state index contributed by atoms with van der Waals surface area (Å²) in [6, 6.07) is 2.23. The van der Waals surface area contributed by atoms with E-state index in [1.807, 2.05) is 0 Å². The second kappa shape index (κ2) is 11.5. The van der Waals surface area contributed by atoms with Crippen LogP contribution in [0.3, 0.4) is 0 Å². The molecule has 5 aliphatic heterocycles. The third kappa shape index (κ3) is 8.83. The van der Waals surface area contributed by atoms with E-state index in [1.165, 1.54) is 0 Å². The van der Waals surface area contributed by atoms with Crippen molar-refractivity contribution in [3.8, 4) is 0 Å². The van der Waals surface area contributed by atoms with E-state index >= 15 is 0 Å². The van der Waals surface area contributed by atoms with Gasteiger partial charge in [-0.25, -0.2) is 0 Å². The summed E-state index contributed by atoms with van der Waals surface area (Å²) in [5, 5.41) is 0.111. The summed E-state index contributed by atoms with van der Waals surface area (Å²) in [6.45, 7) is 14.7. The Kier molecular flexibility index (Phi) is 8.75. The molecule has 0 aromatic heterocycles. The highest BCUT2D eigenvalue weighted by molar-refractivity contribution is 6.87. The van der Waals surface area contributed by atoms with E-state index in [0.29, 0.717) is 30.5 Å². The van der Waals surface area contributed by atoms with Crippen LogP contribution < -0.4 is 0 Å². The van der Waals surface area contributed by atoms with Gasteiger partial charge in [0.15, 0.2) is 16.6 Å². The monoisotopic (exact) mass is 530 g/mol. The molecule has 5 saturated heterocycles. The van der Waals surface area contributed by atoms with Crippen molar-refractivity contribution in [1.82, 2.24) is 0 Å². The molecule has 202 valence electrons. The van der Waals surface area contributed by atoms with Gasteiger partial charge in [0.05, 0.1) is 64.6 Å². The molecule has 8 nitrogen and oxygen atoms in total. The molecule has 5 fully saturated rings. The zero-order valence-electron chi connectivity index (χ0n) is 22.0. The zero-order valence-corrected chi connectivity index (χ0v) is 24.0. The first-order chi connectivity index (χ1) is 16.8. The minimum absolute atomic E-state index is 0.111. The van der Waals surface area contributed by atoms with Crippen LogP contribution >= 0.6 is 0 Å². The molecule has 0 amide bonds. The Bertz CT molecular complexity index is 640. The highest BCUT2D eigenvalue weighted by atomic mass is 28.4. The molecule has 0 aromatic rings. The maximum absolute atomic E-state index is 7.51. The smallest absolute Gasteiger partial charge is 0.183 e. The molecule has 0 saturated carbocycles. The van der Waals surface area contributed by atoms with Crippen LogP contribution in [0.1, 0.15) is 32.1 Å². The van der Waals surface area contributed by atoms with Gasteiger partial charge in [-0.3, -0.25) is 0 Å². The second-order valence-corrected chi connectivity index (χ2v) is 21.0. The molecule has 5 aliphatic rings. The van der Waals surface area contributed by atoms with Gasteiger partial charge < -0.3 is 37.3 Å². The van der Waals surface area contributed by atoms with Gasteiger partial charge in [-0.15, -0.1) is 0 Å². The van der Waals surface area contributed by atoms with Crippen molar-refractivity contribution in [1.29, 1.82) is 0 Å². The predicted molar refractivity (Wildman–Crippen MR) is 136 cm³/mol. The van der Waals surface area contributed by atoms with Crippen LogP contribution in [0, 0.1) is 0 Å². The highest BCUT2D eigenvalue weighted by Gasteiger charge is 2.58. The Morgan fingerprint density at radius 1 is 0.629 bits per heavy atom. The Labute approximate surface area is 212 Å². The third-order valence-electron chi connectivity index (χ3n) is 8.11. The van der Waals surface area contributed by atoms with Crippen molar-refractivity contribution in [3.63, 3.8) is 0 Å². The number of hydrogen-bond donors (Lipinski definition) is 0. The first-order valence-corrected chi connectivity index (χ1v) is 19.5. The van der Waals surface area contributed by atoms with E-state index < -0.39 is 16.6 Å². The van der Waals surface area contributed by atoms with Crippen LogP contribution in [0.5, 0.6) is 0 Å². The van der Waals surface area contributed by atoms with Crippen molar-refractivity contribution in [2.75, 3.05) is 59.5 Å². The van der Waals surface area contributed by atoms with Gasteiger partial charge in [0.2, 0.25) is 0 Å². The van der Waals surface area contributed by atoms with Gasteiger partial charge in [0, 0.05) is 13.2 Å². The van der Waals surface area contributed by atoms with Gasteiger partial charge in [0.1, 0.15) is 12.2 Å². The minimum Gasteiger partial charge on any atom is -0.455 e. The molecule has 5 rings (SSSR count). The summed E-state index contributed by atoms with van der Waals surface area (Å²) in [7, 11) is -4.13. The molecular formula is C25H46O8Si2. The SMILES string of the molecule is C[Si](C)(CCCOCC1CO1)O[Si](C)(CCCOCC1CO1)C(CC1CO1)(CC1CO1)CC1CO1. The molecule has 10 heteroatoms. The lowest BCUT2D eigenvalue weighted by molar-refractivity contribution is 0.115. The average Bonchev–Trinajstić information content (AvgIpc) is 3.57. The molecule has 0 spiro atoms. The molecule has 6 atom stereocenters. The largest absolute Gasteiger partial charge is 0.455 e. The standard InChI is InChI=1S/C25H46O8Si2/c1-34(2,8-4-6-26-13-23-18-31-23)33-35(3,9-5-7-27-14-24-19-32-24)25(10-20-15-28-20,11-21-16-29-21)12-22-17-30-22/h20-24H,4-19H2,1-3H3. The Hall–Kier alpha value is 0.114. The Morgan fingerprint density at radius 3 is 1.43 bits per heavy atom. The third-order valence-corrected chi connectivity index (χ3v) is 17.8. The molecule has 0 N–H and O–H groups in total. The van der Waals surface area contributed by atoms with E-state index in [0.717, 1.165) is 104 Å². The van der Waals surface area contributed by atoms with E-state index in [4.69, 9.17) is 37.3 Å². The maximum atomic E-state index is 7.51. The number of hydrogen-bond acceptors (Lipinski definition) is 8. The Morgan fingerprint density at radius 2 is 1.03 bits per heavy atom. The van der Waals surface area contributed by atoms with Crippen molar-refractivity contribution in [2.45, 2.75) is 99.4 Å². The number of ether oxygens (including phenoxy) is 7. The molecule has 35 heavy (non-hydrogen) atoms. The van der Waals surface area contributed by atoms with Gasteiger partial charge in [-0.05, 0) is 68.9 Å². The van der Waals surface area contributed by atoms with E-state index in [9.17, 15) is 0 Å². The zero-order chi connectivity index (χ0) is 24.4. The number of rotatable bonds is 21. The normalized spacial score (nSPS) is 34.2. The Balaban J connectivity index is 1.25. The van der Waals surface area contributed by atoms with Gasteiger partial charge in [0.25, 0.3) is 0 Å². The molecule has 5 heterocycles. The molecule has 0 radical (unpaired) electrons. The van der Waals surface area contributed by atoms with Crippen LogP contribution in [0.4, 0.5) is 0 Å². The maximum Gasteiger partial charge on any atom is 0.183 e. The molecular weight excluding hydrogens is 484 g/mol. The lowest BCUT2D eigenvalue weighted by Gasteiger charge is -2.50. The second-order valence-electron chi connectivity index (χ2n) is 12.1. The van der Waals surface area contributed by atoms with Crippen LogP contribution in [0.2, 0.25) is 36.8 Å². The highest BCUT2D eigenvalue weighted by Crippen LogP contribution is 2.58. The van der Waals surface area contributed by atoms with Crippen molar-refractivity contribution >= 4 is 16.6 Å². The van der Waals surface area contributed by atoms with Crippen molar-refractivity contribution in [2.24, 2.45) is 0 Å². The van der Waals surface area contributed by atoms with E-state index in [1.54, 1.807) is 0 Å². The molecule has 0 aromatic carbocycles. The molecule has 0 bridgehead atoms. The van der Waals surface area contributed by atoms with Crippen LogP contribution in [0.25, 0.3) is 0 Å². The summed E-state index contributed by atoms with van der Waals surface area (Å²) in [5.41, 5.74) is 0. The lowest BCUT2D eigenvalue weighted by atomic mass is 9.91. The van der Waals surface area contributed by atoms with E-state index in [2.05, 4.69) is 19.6 Å². The number of epoxide rings is 5. The van der Waals surface area contributed by atoms with Gasteiger partial charge >= 0.3 is 0 Å². The summed E-state index contributed by atoms with van der Waals surface area (Å²) < 4.78 is 47.3. The average molecular weight is 531 g/mol. The van der Waals surface area contributed by atoms with Gasteiger partial charge in [-0.2, -0.15) is 0 Å². The predicted octanol–water partition coefficient (Wildman–Crippen LogP) is 3.50. The first kappa shape index (κ1) is 26.7. The van der Waals surface area contributed by atoms with Gasteiger partial charge in [-0.1, -0.05) is 0 Å². The first-order valence-electron chi connectivity index (χ1n) is 13.8. The molecule has 0 aliphatic carbocycles. The topological polar surface area (TPSA) is 90.3 Å². The lowest BCUT2D eigenvalue weighted by Crippen LogP contribution is -2.56. The summed E-state index contributed by atoms with van der Waals surface area (Å²) >= 11 is 0. The van der Waals surface area contributed by atoms with Crippen molar-refractivity contribution in [3.05, 3.63) is 0 Å². The van der Waals surface area contributed by atoms with Crippen LogP contribution in [-0.2, 0) is 37.3 Å².